The van der Waals surface area contributed by atoms with Gasteiger partial charge in [0.2, 0.25) is 5.91 Å². The summed E-state index contributed by atoms with van der Waals surface area (Å²) in [5.41, 5.74) is 2.07. The van der Waals surface area contributed by atoms with E-state index in [-0.39, 0.29) is 5.91 Å². The van der Waals surface area contributed by atoms with Crippen LogP contribution in [0.1, 0.15) is 6.92 Å². The van der Waals surface area contributed by atoms with Gasteiger partial charge < -0.3 is 5.32 Å². The summed E-state index contributed by atoms with van der Waals surface area (Å²) in [7, 11) is 0. The first-order chi connectivity index (χ1) is 8.75. The second-order valence-corrected chi connectivity index (χ2v) is 3.73. The van der Waals surface area contributed by atoms with Crippen molar-refractivity contribution in [3.05, 3.63) is 54.6 Å². The first-order valence-corrected chi connectivity index (χ1v) is 5.59. The Balaban J connectivity index is 2.23. The number of benzene rings is 2. The molecule has 0 radical (unpaired) electrons. The van der Waals surface area contributed by atoms with Crippen LogP contribution in [0, 0.1) is 0 Å². The van der Waals surface area contributed by atoms with E-state index in [1.165, 1.54) is 6.92 Å². The fourth-order valence-corrected chi connectivity index (χ4v) is 1.46. The summed E-state index contributed by atoms with van der Waals surface area (Å²) >= 11 is 0. The quantitative estimate of drug-likeness (QED) is 0.807. The maximum Gasteiger partial charge on any atom is 0.221 e. The zero-order chi connectivity index (χ0) is 12.8. The molecule has 0 aliphatic rings. The van der Waals surface area contributed by atoms with E-state index < -0.39 is 0 Å². The number of para-hydroxylation sites is 1. The summed E-state index contributed by atoms with van der Waals surface area (Å²) in [5, 5.41) is 11.0. The minimum Gasteiger partial charge on any atom is -0.324 e. The standard InChI is InChI=1S/C14H13N3O/c1-11(18)15-13-9-5-6-10-14(13)17-16-12-7-3-2-4-8-12/h2-10H,1H3,(H,15,18)/b17-16-. The second kappa shape index (κ2) is 5.72. The van der Waals surface area contributed by atoms with Crippen molar-refractivity contribution in [3.63, 3.8) is 0 Å². The third kappa shape index (κ3) is 3.25. The minimum atomic E-state index is -0.127. The Hall–Kier alpha value is -2.49. The van der Waals surface area contributed by atoms with Crippen molar-refractivity contribution >= 4 is 23.0 Å². The summed E-state index contributed by atoms with van der Waals surface area (Å²) in [6.45, 7) is 1.46. The van der Waals surface area contributed by atoms with Gasteiger partial charge in [-0.3, -0.25) is 4.79 Å². The number of carbonyl (C=O) groups is 1. The average Bonchev–Trinajstić information content (AvgIpc) is 2.38. The third-order valence-electron chi connectivity index (χ3n) is 2.24. The van der Waals surface area contributed by atoms with Crippen molar-refractivity contribution in [2.45, 2.75) is 6.92 Å². The number of hydrogen-bond donors (Lipinski definition) is 1. The number of rotatable bonds is 3. The Morgan fingerprint density at radius 3 is 2.33 bits per heavy atom. The van der Waals surface area contributed by atoms with Gasteiger partial charge in [-0.05, 0) is 24.3 Å². The van der Waals surface area contributed by atoms with E-state index in [2.05, 4.69) is 15.5 Å². The van der Waals surface area contributed by atoms with Crippen molar-refractivity contribution in [1.29, 1.82) is 0 Å². The number of amides is 1. The summed E-state index contributed by atoms with van der Waals surface area (Å²) in [6.07, 6.45) is 0. The number of nitrogens with zero attached hydrogens (tertiary/aromatic N) is 2. The van der Waals surface area contributed by atoms with E-state index in [0.717, 1.165) is 5.69 Å². The Morgan fingerprint density at radius 1 is 0.944 bits per heavy atom. The molecule has 2 rings (SSSR count). The molecule has 1 amide bonds. The molecule has 0 bridgehead atoms. The molecule has 0 spiro atoms. The van der Waals surface area contributed by atoms with Crippen molar-refractivity contribution in [1.82, 2.24) is 0 Å². The number of hydrogen-bond acceptors (Lipinski definition) is 3. The number of carbonyl (C=O) groups excluding carboxylic acids is 1. The zero-order valence-electron chi connectivity index (χ0n) is 10.00. The fourth-order valence-electron chi connectivity index (χ4n) is 1.46. The van der Waals surface area contributed by atoms with Gasteiger partial charge in [-0.25, -0.2) is 0 Å². The number of nitrogens with one attached hydrogen (secondary N) is 1. The van der Waals surface area contributed by atoms with Crippen LogP contribution < -0.4 is 5.32 Å². The monoisotopic (exact) mass is 239 g/mol. The lowest BCUT2D eigenvalue weighted by atomic mass is 10.2. The Kier molecular flexibility index (Phi) is 3.81. The van der Waals surface area contributed by atoms with Crippen LogP contribution in [0.25, 0.3) is 0 Å². The molecule has 0 aliphatic carbocycles. The van der Waals surface area contributed by atoms with E-state index in [1.54, 1.807) is 12.1 Å². The first kappa shape index (κ1) is 12.0. The minimum absolute atomic E-state index is 0.127. The molecule has 4 heteroatoms. The van der Waals surface area contributed by atoms with Crippen LogP contribution >= 0.6 is 0 Å². The van der Waals surface area contributed by atoms with Gasteiger partial charge in [0, 0.05) is 6.92 Å². The maximum absolute atomic E-state index is 11.1. The van der Waals surface area contributed by atoms with Gasteiger partial charge in [0.05, 0.1) is 11.4 Å². The predicted octanol–water partition coefficient (Wildman–Crippen LogP) is 4.06. The van der Waals surface area contributed by atoms with Crippen LogP contribution in [0.5, 0.6) is 0 Å². The molecule has 2 aromatic rings. The van der Waals surface area contributed by atoms with Crippen LogP contribution in [-0.4, -0.2) is 5.91 Å². The van der Waals surface area contributed by atoms with Gasteiger partial charge in [-0.2, -0.15) is 5.11 Å². The van der Waals surface area contributed by atoms with Crippen molar-refractivity contribution < 1.29 is 4.79 Å². The molecule has 0 saturated carbocycles. The molecule has 0 atom stereocenters. The zero-order valence-corrected chi connectivity index (χ0v) is 10.00. The second-order valence-electron chi connectivity index (χ2n) is 3.73. The van der Waals surface area contributed by atoms with Crippen LogP contribution in [0.4, 0.5) is 17.1 Å². The largest absolute Gasteiger partial charge is 0.324 e. The first-order valence-electron chi connectivity index (χ1n) is 5.59. The molecular weight excluding hydrogens is 226 g/mol. The summed E-state index contributed by atoms with van der Waals surface area (Å²) in [5.74, 6) is -0.127. The topological polar surface area (TPSA) is 53.8 Å². The van der Waals surface area contributed by atoms with E-state index in [4.69, 9.17) is 0 Å². The molecule has 0 unspecified atom stereocenters. The highest BCUT2D eigenvalue weighted by Crippen LogP contribution is 2.26. The predicted molar refractivity (Wildman–Crippen MR) is 71.4 cm³/mol. The Morgan fingerprint density at radius 2 is 1.61 bits per heavy atom. The van der Waals surface area contributed by atoms with E-state index in [0.29, 0.717) is 11.4 Å². The number of anilines is 1. The molecule has 0 saturated heterocycles. The van der Waals surface area contributed by atoms with Crippen LogP contribution in [0.15, 0.2) is 64.8 Å². The lowest BCUT2D eigenvalue weighted by Gasteiger charge is -2.04. The van der Waals surface area contributed by atoms with Gasteiger partial charge in [0.25, 0.3) is 0 Å². The maximum atomic E-state index is 11.1. The average molecular weight is 239 g/mol. The van der Waals surface area contributed by atoms with Crippen molar-refractivity contribution in [3.8, 4) is 0 Å². The molecule has 0 aliphatic heterocycles. The number of azo groups is 1. The highest BCUT2D eigenvalue weighted by Gasteiger charge is 2.01. The van der Waals surface area contributed by atoms with E-state index in [1.807, 2.05) is 42.5 Å². The summed E-state index contributed by atoms with van der Waals surface area (Å²) < 4.78 is 0. The molecule has 1 N–H and O–H groups in total. The molecule has 90 valence electrons. The Bertz CT molecular complexity index is 564. The van der Waals surface area contributed by atoms with Gasteiger partial charge in [0.15, 0.2) is 0 Å². The smallest absolute Gasteiger partial charge is 0.221 e. The summed E-state index contributed by atoms with van der Waals surface area (Å²) in [4.78, 5) is 11.1. The van der Waals surface area contributed by atoms with Crippen molar-refractivity contribution in [2.75, 3.05) is 5.32 Å². The lowest BCUT2D eigenvalue weighted by Crippen LogP contribution is -2.05. The van der Waals surface area contributed by atoms with E-state index >= 15 is 0 Å². The van der Waals surface area contributed by atoms with Crippen LogP contribution in [0.3, 0.4) is 0 Å². The molecule has 18 heavy (non-hydrogen) atoms. The molecule has 0 fully saturated rings. The van der Waals surface area contributed by atoms with Crippen LogP contribution in [0.2, 0.25) is 0 Å². The SMILES string of the molecule is CC(=O)Nc1ccccc1/N=N\c1ccccc1. The van der Waals surface area contributed by atoms with Crippen LogP contribution in [-0.2, 0) is 4.79 Å². The molecular formula is C14H13N3O. The van der Waals surface area contributed by atoms with Gasteiger partial charge in [0.1, 0.15) is 5.69 Å². The lowest BCUT2D eigenvalue weighted by molar-refractivity contribution is -0.114. The molecule has 0 heterocycles. The van der Waals surface area contributed by atoms with E-state index in [9.17, 15) is 4.79 Å². The Labute approximate surface area is 105 Å². The van der Waals surface area contributed by atoms with Gasteiger partial charge in [-0.1, -0.05) is 30.3 Å². The fraction of sp³-hybridized carbons (Fsp3) is 0.0714. The highest BCUT2D eigenvalue weighted by atomic mass is 16.1. The van der Waals surface area contributed by atoms with Gasteiger partial charge in [-0.15, -0.1) is 5.11 Å². The van der Waals surface area contributed by atoms with Gasteiger partial charge >= 0.3 is 0 Å². The molecule has 4 nitrogen and oxygen atoms in total. The highest BCUT2D eigenvalue weighted by molar-refractivity contribution is 5.91. The van der Waals surface area contributed by atoms with Crippen molar-refractivity contribution in [2.24, 2.45) is 10.2 Å². The normalized spacial score (nSPS) is 10.5. The summed E-state index contributed by atoms with van der Waals surface area (Å²) in [6, 6.07) is 16.7. The molecule has 2 aromatic carbocycles. The molecule has 0 aromatic heterocycles. The third-order valence-corrected chi connectivity index (χ3v) is 2.24.